The van der Waals surface area contributed by atoms with E-state index in [4.69, 9.17) is 22.6 Å². The molecule has 7 N–H and O–H groups in total. The van der Waals surface area contributed by atoms with Crippen molar-refractivity contribution in [3.63, 3.8) is 0 Å². The molecule has 0 bridgehead atoms. The SMILES string of the molecule is COP(=O)(O)OC(CNC(=O)CCCCOP(=O)(O)OCCCCCCNC(=O)CCS)CNC(=O)CCCCOP(=O)(O)OCCCCCCNC(=O)CCS. The van der Waals surface area contributed by atoms with Gasteiger partial charge < -0.3 is 35.9 Å². The van der Waals surface area contributed by atoms with Crippen molar-refractivity contribution in [3.05, 3.63) is 0 Å². The summed E-state index contributed by atoms with van der Waals surface area (Å²) in [6, 6.07) is 0. The lowest BCUT2D eigenvalue weighted by molar-refractivity contribution is -0.122. The molecule has 0 aromatic rings. The van der Waals surface area contributed by atoms with E-state index in [9.17, 15) is 47.6 Å². The smallest absolute Gasteiger partial charge is 0.356 e. The molecule has 0 fully saturated rings. The molecule has 0 spiro atoms. The molecule has 0 aliphatic carbocycles. The van der Waals surface area contributed by atoms with Gasteiger partial charge in [-0.05, 0) is 62.9 Å². The zero-order chi connectivity index (χ0) is 42.8. The highest BCUT2D eigenvalue weighted by Crippen LogP contribution is 2.44. The molecule has 0 aromatic carbocycles. The number of nitrogens with one attached hydrogen (secondary N) is 4. The lowest BCUT2D eigenvalue weighted by atomic mass is 10.2. The van der Waals surface area contributed by atoms with Crippen LogP contribution in [0, 0.1) is 0 Å². The van der Waals surface area contributed by atoms with Gasteiger partial charge in [-0.3, -0.25) is 46.3 Å². The van der Waals surface area contributed by atoms with Crippen LogP contribution in [-0.4, -0.2) is 116 Å². The summed E-state index contributed by atoms with van der Waals surface area (Å²) in [5, 5.41) is 10.6. The molecule has 0 aromatic heterocycles. The van der Waals surface area contributed by atoms with Crippen LogP contribution < -0.4 is 21.3 Å². The fourth-order valence-corrected chi connectivity index (χ4v) is 7.18. The van der Waals surface area contributed by atoms with Gasteiger partial charge in [0.15, 0.2) is 0 Å². The summed E-state index contributed by atoms with van der Waals surface area (Å²) in [6.07, 6.45) is 6.46. The Balaban J connectivity index is 4.22. The van der Waals surface area contributed by atoms with E-state index in [0.717, 1.165) is 45.6 Å². The highest BCUT2D eigenvalue weighted by Gasteiger charge is 2.26. The van der Waals surface area contributed by atoms with Gasteiger partial charge in [-0.1, -0.05) is 25.7 Å². The summed E-state index contributed by atoms with van der Waals surface area (Å²) >= 11 is 8.00. The van der Waals surface area contributed by atoms with Gasteiger partial charge in [0.25, 0.3) is 0 Å². The normalized spacial score (nSPS) is 15.1. The van der Waals surface area contributed by atoms with Crippen molar-refractivity contribution in [3.8, 4) is 0 Å². The fourth-order valence-electron chi connectivity index (χ4n) is 4.58. The van der Waals surface area contributed by atoms with E-state index in [1.165, 1.54) is 0 Å². The van der Waals surface area contributed by atoms with Crippen LogP contribution in [0.5, 0.6) is 0 Å². The van der Waals surface area contributed by atoms with Crippen LogP contribution in [-0.2, 0) is 60.0 Å². The second-order valence-electron chi connectivity index (χ2n) is 12.6. The van der Waals surface area contributed by atoms with Gasteiger partial charge in [-0.15, -0.1) is 0 Å². The monoisotopic (exact) mass is 918 g/mol. The second kappa shape index (κ2) is 34.6. The molecule has 0 saturated heterocycles. The summed E-state index contributed by atoms with van der Waals surface area (Å²) in [4.78, 5) is 76.9. The lowest BCUT2D eigenvalue weighted by Gasteiger charge is -2.21. The maximum absolute atomic E-state index is 12.4. The number of rotatable bonds is 39. The molecule has 0 rings (SSSR count). The fraction of sp³-hybridized carbons (Fsp3) is 0.875. The van der Waals surface area contributed by atoms with Crippen LogP contribution >= 0.6 is 48.7 Å². The minimum absolute atomic E-state index is 0.00246. The summed E-state index contributed by atoms with van der Waals surface area (Å²) in [7, 11) is -12.0. The van der Waals surface area contributed by atoms with Gasteiger partial charge in [0.05, 0.1) is 26.4 Å². The van der Waals surface area contributed by atoms with Gasteiger partial charge in [-0.2, -0.15) is 25.3 Å². The van der Waals surface area contributed by atoms with Gasteiger partial charge in [0.2, 0.25) is 23.6 Å². The van der Waals surface area contributed by atoms with Crippen LogP contribution in [0.2, 0.25) is 0 Å². The third-order valence-electron chi connectivity index (χ3n) is 7.65. The molecule has 336 valence electrons. The topological polar surface area (TPSA) is 284 Å². The van der Waals surface area contributed by atoms with Crippen LogP contribution in [0.25, 0.3) is 0 Å². The van der Waals surface area contributed by atoms with Crippen molar-refractivity contribution >= 4 is 72.4 Å². The number of phosphoric ester groups is 3. The Bertz CT molecular complexity index is 1200. The molecule has 0 saturated carbocycles. The van der Waals surface area contributed by atoms with E-state index in [1.54, 1.807) is 0 Å². The third kappa shape index (κ3) is 36.5. The second-order valence-corrected chi connectivity index (χ2v) is 18.0. The maximum Gasteiger partial charge on any atom is 0.472 e. The predicted molar refractivity (Wildman–Crippen MR) is 219 cm³/mol. The summed E-state index contributed by atoms with van der Waals surface area (Å²) in [6.45, 7) is 0.413. The Hall–Kier alpha value is -1.09. The van der Waals surface area contributed by atoms with Crippen molar-refractivity contribution in [1.29, 1.82) is 0 Å². The van der Waals surface area contributed by atoms with E-state index in [1.807, 2.05) is 0 Å². The standard InChI is InChI=1S/C32H65N4O16P3S2/c1-47-53(41,42)52-28(26-35-29(37)14-6-12-22-50-54(43,44)48-20-10-4-2-8-18-33-31(39)16-24-56)27-36-30(38)15-7-13-23-51-55(45,46)49-21-11-5-3-9-19-34-32(40)17-25-57/h28,56-57H,2-27H2,1H3,(H,33,39)(H,34,40)(H,35,37)(H,36,38)(H,41,42)(H,43,44)(H,45,46). The predicted octanol–water partition coefficient (Wildman–Crippen LogP) is 3.95. The summed E-state index contributed by atoms with van der Waals surface area (Å²) < 4.78 is 65.5. The van der Waals surface area contributed by atoms with Gasteiger partial charge in [-0.25, -0.2) is 13.7 Å². The molecular weight excluding hydrogens is 853 g/mol. The highest BCUT2D eigenvalue weighted by molar-refractivity contribution is 7.80. The molecule has 0 heterocycles. The van der Waals surface area contributed by atoms with E-state index >= 15 is 0 Å². The first-order chi connectivity index (χ1) is 27.0. The maximum atomic E-state index is 12.4. The van der Waals surface area contributed by atoms with Gasteiger partial charge in [0, 0.05) is 59.0 Å². The highest BCUT2D eigenvalue weighted by atomic mass is 32.1. The zero-order valence-corrected chi connectivity index (χ0v) is 37.3. The average molecular weight is 919 g/mol. The number of unbranched alkanes of at least 4 members (excludes halogenated alkanes) is 8. The molecule has 25 heteroatoms. The number of hydrogen-bond acceptors (Lipinski definition) is 15. The molecule has 57 heavy (non-hydrogen) atoms. The van der Waals surface area contributed by atoms with Crippen LogP contribution in [0.1, 0.15) is 103 Å². The molecule has 4 amide bonds. The average Bonchev–Trinajstić information content (AvgIpc) is 3.14. The zero-order valence-electron chi connectivity index (χ0n) is 32.8. The first kappa shape index (κ1) is 55.9. The number of carbonyl (C=O) groups is 4. The summed E-state index contributed by atoms with van der Waals surface area (Å²) in [5.74, 6) is -0.0111. The van der Waals surface area contributed by atoms with Crippen molar-refractivity contribution in [2.24, 2.45) is 0 Å². The lowest BCUT2D eigenvalue weighted by Crippen LogP contribution is -2.41. The Morgan fingerprint density at radius 3 is 1.18 bits per heavy atom. The largest absolute Gasteiger partial charge is 0.472 e. The Morgan fingerprint density at radius 2 is 0.825 bits per heavy atom. The van der Waals surface area contributed by atoms with Crippen molar-refractivity contribution in [1.82, 2.24) is 21.3 Å². The Kier molecular flexibility index (Phi) is 33.9. The third-order valence-corrected chi connectivity index (χ3v) is 11.2. The number of hydrogen-bond donors (Lipinski definition) is 9. The van der Waals surface area contributed by atoms with Gasteiger partial charge in [0.1, 0.15) is 6.10 Å². The summed E-state index contributed by atoms with van der Waals surface area (Å²) in [5.41, 5.74) is 0. The molecule has 3 unspecified atom stereocenters. The van der Waals surface area contributed by atoms with E-state index < -0.39 is 41.4 Å². The first-order valence-corrected chi connectivity index (χ1v) is 24.9. The van der Waals surface area contributed by atoms with Crippen LogP contribution in [0.15, 0.2) is 0 Å². The van der Waals surface area contributed by atoms with Gasteiger partial charge >= 0.3 is 23.5 Å². The first-order valence-electron chi connectivity index (χ1n) is 19.1. The molecule has 0 aliphatic rings. The quantitative estimate of drug-likeness (QED) is 0.0240. The molecule has 3 atom stereocenters. The van der Waals surface area contributed by atoms with Crippen molar-refractivity contribution in [2.75, 3.05) is 71.2 Å². The van der Waals surface area contributed by atoms with E-state index in [2.05, 4.69) is 51.0 Å². The molecular formula is C32H65N4O16P3S2. The number of thiol groups is 2. The Labute approximate surface area is 347 Å². The van der Waals surface area contributed by atoms with E-state index in [-0.39, 0.29) is 89.9 Å². The number of phosphoric acid groups is 3. The molecule has 0 aliphatic heterocycles. The van der Waals surface area contributed by atoms with Crippen molar-refractivity contribution < 1.29 is 74.7 Å². The minimum atomic E-state index is -4.48. The van der Waals surface area contributed by atoms with Crippen molar-refractivity contribution in [2.45, 2.75) is 109 Å². The minimum Gasteiger partial charge on any atom is -0.356 e. The van der Waals surface area contributed by atoms with Crippen LogP contribution in [0.4, 0.5) is 0 Å². The molecule has 20 nitrogen and oxygen atoms in total. The Morgan fingerprint density at radius 1 is 0.491 bits per heavy atom. The van der Waals surface area contributed by atoms with E-state index in [0.29, 0.717) is 50.3 Å². The molecule has 0 radical (unpaired) electrons. The number of carbonyl (C=O) groups excluding carboxylic acids is 4. The van der Waals surface area contributed by atoms with Crippen LogP contribution in [0.3, 0.4) is 0 Å². The number of amides is 4.